The predicted octanol–water partition coefficient (Wildman–Crippen LogP) is 2.66. The quantitative estimate of drug-likeness (QED) is 0.891. The van der Waals surface area contributed by atoms with Crippen molar-refractivity contribution in [2.24, 2.45) is 0 Å². The highest BCUT2D eigenvalue weighted by Gasteiger charge is 2.18. The summed E-state index contributed by atoms with van der Waals surface area (Å²) < 4.78 is 1.74. The summed E-state index contributed by atoms with van der Waals surface area (Å²) in [5.41, 5.74) is 0.642. The van der Waals surface area contributed by atoms with Crippen molar-refractivity contribution in [3.05, 3.63) is 31.4 Å². The molecule has 0 atom stereocenters. The van der Waals surface area contributed by atoms with Crippen LogP contribution in [0.4, 0.5) is 0 Å². The number of amides is 1. The van der Waals surface area contributed by atoms with Crippen molar-refractivity contribution in [1.82, 2.24) is 20.1 Å². The minimum atomic E-state index is -0.0600. The Hall–Kier alpha value is -0.730. The van der Waals surface area contributed by atoms with E-state index in [1.165, 1.54) is 17.7 Å². The maximum absolute atomic E-state index is 12.1. The molecule has 0 aromatic carbocycles. The summed E-state index contributed by atoms with van der Waals surface area (Å²) in [6, 6.07) is 1.80. The highest BCUT2D eigenvalue weighted by atomic mass is 79.9. The van der Waals surface area contributed by atoms with Gasteiger partial charge in [0.15, 0.2) is 0 Å². The third-order valence-corrected chi connectivity index (χ3v) is 4.42. The van der Waals surface area contributed by atoms with E-state index in [4.69, 9.17) is 0 Å². The van der Waals surface area contributed by atoms with Crippen LogP contribution in [-0.4, -0.2) is 33.0 Å². The molecule has 2 rings (SSSR count). The van der Waals surface area contributed by atoms with E-state index in [-0.39, 0.29) is 5.91 Å². The van der Waals surface area contributed by atoms with Gasteiger partial charge in [-0.2, -0.15) is 5.10 Å². The van der Waals surface area contributed by atoms with Gasteiger partial charge in [-0.3, -0.25) is 9.89 Å². The Morgan fingerprint density at radius 1 is 1.59 bits per heavy atom. The molecule has 0 unspecified atom stereocenters. The summed E-state index contributed by atoms with van der Waals surface area (Å²) in [7, 11) is 1.73. The lowest BCUT2D eigenvalue weighted by atomic mass is 10.3. The SMILES string of the molecule is CN(Cc1ncn[nH]1)C(=O)c1cc(Br)sc1Br. The Morgan fingerprint density at radius 2 is 2.35 bits per heavy atom. The van der Waals surface area contributed by atoms with Crippen LogP contribution in [0.5, 0.6) is 0 Å². The summed E-state index contributed by atoms with van der Waals surface area (Å²) in [4.78, 5) is 17.7. The topological polar surface area (TPSA) is 61.9 Å². The molecule has 8 heteroatoms. The van der Waals surface area contributed by atoms with Crippen molar-refractivity contribution in [2.45, 2.75) is 6.54 Å². The Labute approximate surface area is 118 Å². The summed E-state index contributed by atoms with van der Waals surface area (Å²) >= 11 is 8.19. The average molecular weight is 380 g/mol. The second kappa shape index (κ2) is 5.28. The van der Waals surface area contributed by atoms with Gasteiger partial charge in [-0.05, 0) is 37.9 Å². The molecule has 90 valence electrons. The van der Waals surface area contributed by atoms with Crippen LogP contribution >= 0.6 is 43.2 Å². The summed E-state index contributed by atoms with van der Waals surface area (Å²) in [6.07, 6.45) is 1.42. The Bertz CT molecular complexity index is 525. The minimum Gasteiger partial charge on any atom is -0.334 e. The third kappa shape index (κ3) is 2.93. The first kappa shape index (κ1) is 12.7. The van der Waals surface area contributed by atoms with E-state index in [9.17, 15) is 4.79 Å². The number of nitrogens with one attached hydrogen (secondary N) is 1. The van der Waals surface area contributed by atoms with Crippen molar-refractivity contribution < 1.29 is 4.79 Å². The molecule has 1 amide bonds. The van der Waals surface area contributed by atoms with Gasteiger partial charge in [0.1, 0.15) is 12.2 Å². The van der Waals surface area contributed by atoms with E-state index >= 15 is 0 Å². The van der Waals surface area contributed by atoms with Crippen LogP contribution in [0.2, 0.25) is 0 Å². The van der Waals surface area contributed by atoms with Crippen LogP contribution in [0, 0.1) is 0 Å². The molecule has 0 fully saturated rings. The summed E-state index contributed by atoms with van der Waals surface area (Å²) in [6.45, 7) is 0.402. The lowest BCUT2D eigenvalue weighted by molar-refractivity contribution is 0.0781. The molecule has 1 N–H and O–H groups in total. The van der Waals surface area contributed by atoms with Crippen molar-refractivity contribution >= 4 is 49.1 Å². The van der Waals surface area contributed by atoms with Crippen molar-refractivity contribution in [3.63, 3.8) is 0 Å². The number of H-pyrrole nitrogens is 1. The number of carbonyl (C=O) groups is 1. The van der Waals surface area contributed by atoms with E-state index in [0.29, 0.717) is 17.9 Å². The van der Waals surface area contributed by atoms with Gasteiger partial charge in [0.2, 0.25) is 0 Å². The molecular formula is C9H8Br2N4OS. The van der Waals surface area contributed by atoms with E-state index in [0.717, 1.165) is 7.57 Å². The third-order valence-electron chi connectivity index (χ3n) is 2.09. The fourth-order valence-corrected chi connectivity index (χ4v) is 4.07. The molecule has 0 saturated carbocycles. The highest BCUT2D eigenvalue weighted by molar-refractivity contribution is 9.12. The number of aromatic amines is 1. The molecular weight excluding hydrogens is 372 g/mol. The van der Waals surface area contributed by atoms with E-state index in [1.807, 2.05) is 0 Å². The number of rotatable bonds is 3. The maximum atomic E-state index is 12.1. The van der Waals surface area contributed by atoms with Crippen molar-refractivity contribution in [2.75, 3.05) is 7.05 Å². The lowest BCUT2D eigenvalue weighted by Crippen LogP contribution is -2.26. The van der Waals surface area contributed by atoms with E-state index < -0.39 is 0 Å². The zero-order valence-electron chi connectivity index (χ0n) is 8.78. The number of hydrogen-bond donors (Lipinski definition) is 1. The first-order valence-corrected chi connectivity index (χ1v) is 7.02. The van der Waals surface area contributed by atoms with Crippen LogP contribution in [0.15, 0.2) is 20.0 Å². The number of aromatic nitrogens is 3. The largest absolute Gasteiger partial charge is 0.334 e. The maximum Gasteiger partial charge on any atom is 0.256 e. The fraction of sp³-hybridized carbons (Fsp3) is 0.222. The van der Waals surface area contributed by atoms with E-state index in [1.54, 1.807) is 18.0 Å². The molecule has 0 aliphatic heterocycles. The first-order chi connectivity index (χ1) is 8.08. The smallest absolute Gasteiger partial charge is 0.256 e. The van der Waals surface area contributed by atoms with Crippen LogP contribution < -0.4 is 0 Å². The van der Waals surface area contributed by atoms with E-state index in [2.05, 4.69) is 47.0 Å². The zero-order valence-corrected chi connectivity index (χ0v) is 12.8. The van der Waals surface area contributed by atoms with Crippen molar-refractivity contribution in [1.29, 1.82) is 0 Å². The van der Waals surface area contributed by atoms with Gasteiger partial charge in [-0.15, -0.1) is 11.3 Å². The molecule has 0 bridgehead atoms. The van der Waals surface area contributed by atoms with Gasteiger partial charge in [0, 0.05) is 7.05 Å². The lowest BCUT2D eigenvalue weighted by Gasteiger charge is -2.14. The van der Waals surface area contributed by atoms with Gasteiger partial charge in [0.05, 0.1) is 19.7 Å². The average Bonchev–Trinajstić information content (AvgIpc) is 2.87. The van der Waals surface area contributed by atoms with Gasteiger partial charge in [-0.1, -0.05) is 0 Å². The number of halogens is 2. The Kier molecular flexibility index (Phi) is 3.95. The normalized spacial score (nSPS) is 10.5. The minimum absolute atomic E-state index is 0.0600. The number of hydrogen-bond acceptors (Lipinski definition) is 4. The van der Waals surface area contributed by atoms with Crippen LogP contribution in [-0.2, 0) is 6.54 Å². The van der Waals surface area contributed by atoms with Gasteiger partial charge in [-0.25, -0.2) is 4.98 Å². The predicted molar refractivity (Wildman–Crippen MR) is 71.9 cm³/mol. The summed E-state index contributed by atoms with van der Waals surface area (Å²) in [5, 5.41) is 6.46. The number of thiophene rings is 1. The van der Waals surface area contributed by atoms with Gasteiger partial charge < -0.3 is 4.90 Å². The molecule has 0 radical (unpaired) electrons. The molecule has 0 aliphatic carbocycles. The highest BCUT2D eigenvalue weighted by Crippen LogP contribution is 2.32. The van der Waals surface area contributed by atoms with Crippen LogP contribution in [0.25, 0.3) is 0 Å². The molecule has 2 aromatic heterocycles. The van der Waals surface area contributed by atoms with Crippen LogP contribution in [0.3, 0.4) is 0 Å². The summed E-state index contributed by atoms with van der Waals surface area (Å²) in [5.74, 6) is 0.599. The molecule has 2 heterocycles. The van der Waals surface area contributed by atoms with Gasteiger partial charge in [0.25, 0.3) is 5.91 Å². The van der Waals surface area contributed by atoms with Gasteiger partial charge >= 0.3 is 0 Å². The molecule has 5 nitrogen and oxygen atoms in total. The number of carbonyl (C=O) groups excluding carboxylic acids is 1. The number of nitrogens with zero attached hydrogens (tertiary/aromatic N) is 3. The first-order valence-electron chi connectivity index (χ1n) is 4.62. The standard InChI is InChI=1S/C9H8Br2N4OS/c1-15(3-7-12-4-13-14-7)9(16)5-2-6(10)17-8(5)11/h2,4H,3H2,1H3,(H,12,13,14). The van der Waals surface area contributed by atoms with Crippen LogP contribution in [0.1, 0.15) is 16.2 Å². The zero-order chi connectivity index (χ0) is 12.4. The monoisotopic (exact) mass is 378 g/mol. The molecule has 2 aromatic rings. The molecule has 0 saturated heterocycles. The van der Waals surface area contributed by atoms with Crippen molar-refractivity contribution in [3.8, 4) is 0 Å². The molecule has 0 aliphatic rings. The molecule has 0 spiro atoms. The second-order valence-electron chi connectivity index (χ2n) is 3.33. The Morgan fingerprint density at radius 3 is 2.88 bits per heavy atom. The Balaban J connectivity index is 2.12. The molecule has 17 heavy (non-hydrogen) atoms. The second-order valence-corrected chi connectivity index (χ2v) is 7.08. The fourth-order valence-electron chi connectivity index (χ4n) is 1.30.